The van der Waals surface area contributed by atoms with Crippen LogP contribution in [0, 0.1) is 0 Å². The molecule has 30 heavy (non-hydrogen) atoms. The number of nitrogens with zero attached hydrogens (tertiary/aromatic N) is 4. The van der Waals surface area contributed by atoms with Crippen LogP contribution in [0.4, 0.5) is 0 Å². The Morgan fingerprint density at radius 1 is 1.33 bits per heavy atom. The monoisotopic (exact) mass is 413 g/mol. The molecule has 8 nitrogen and oxygen atoms in total. The van der Waals surface area contributed by atoms with Gasteiger partial charge in [0.2, 0.25) is 0 Å². The Labute approximate surface area is 179 Å². The molecule has 0 fully saturated rings. The largest absolute Gasteiger partial charge is 0.377 e. The molecule has 0 bridgehead atoms. The van der Waals surface area contributed by atoms with Crippen LogP contribution in [0.5, 0.6) is 0 Å². The first kappa shape index (κ1) is 22.2. The zero-order valence-electron chi connectivity index (χ0n) is 18.8. The summed E-state index contributed by atoms with van der Waals surface area (Å²) < 4.78 is 7.13. The standard InChI is InChI=1S/C22H35N7O/c1-16(17-9-7-6-8-10-17)27-22(2,3)15-24-21(23-4)25-18-11-12-20-26-19(14-30-5)28-29(20)13-18/h6-10,16,18,27H,11-15H2,1-5H3,(H2,23,24,25). The number of hydrogen-bond acceptors (Lipinski definition) is 5. The van der Waals surface area contributed by atoms with Crippen molar-refractivity contribution in [3.05, 3.63) is 47.5 Å². The van der Waals surface area contributed by atoms with Crippen LogP contribution in [0.1, 0.15) is 50.4 Å². The van der Waals surface area contributed by atoms with Gasteiger partial charge in [0.15, 0.2) is 11.8 Å². The van der Waals surface area contributed by atoms with E-state index in [-0.39, 0.29) is 17.6 Å². The van der Waals surface area contributed by atoms with Crippen molar-refractivity contribution < 1.29 is 4.74 Å². The van der Waals surface area contributed by atoms with Crippen LogP contribution in [0.2, 0.25) is 0 Å². The number of benzene rings is 1. The van der Waals surface area contributed by atoms with E-state index in [2.05, 4.69) is 76.1 Å². The van der Waals surface area contributed by atoms with Crippen molar-refractivity contribution in [1.29, 1.82) is 0 Å². The molecule has 1 aliphatic rings. The van der Waals surface area contributed by atoms with Crippen LogP contribution in [-0.4, -0.2) is 53.0 Å². The molecule has 8 heteroatoms. The first-order valence-corrected chi connectivity index (χ1v) is 10.6. The van der Waals surface area contributed by atoms with E-state index in [0.717, 1.165) is 43.5 Å². The molecule has 1 aliphatic heterocycles. The highest BCUT2D eigenvalue weighted by Crippen LogP contribution is 2.16. The Hall–Kier alpha value is -2.45. The molecule has 164 valence electrons. The maximum Gasteiger partial charge on any atom is 0.191 e. The van der Waals surface area contributed by atoms with E-state index in [9.17, 15) is 0 Å². The Bertz CT molecular complexity index is 831. The van der Waals surface area contributed by atoms with Gasteiger partial charge in [0, 0.05) is 44.7 Å². The lowest BCUT2D eigenvalue weighted by atomic mass is 10.0. The number of aryl methyl sites for hydroxylation is 1. The molecule has 3 rings (SSSR count). The molecular weight excluding hydrogens is 378 g/mol. The predicted molar refractivity (Wildman–Crippen MR) is 119 cm³/mol. The quantitative estimate of drug-likeness (QED) is 0.453. The molecule has 1 aromatic heterocycles. The number of guanidine groups is 1. The molecule has 0 saturated carbocycles. The second-order valence-electron chi connectivity index (χ2n) is 8.53. The summed E-state index contributed by atoms with van der Waals surface area (Å²) >= 11 is 0. The third-order valence-electron chi connectivity index (χ3n) is 5.34. The van der Waals surface area contributed by atoms with Gasteiger partial charge in [-0.3, -0.25) is 4.99 Å². The first-order valence-electron chi connectivity index (χ1n) is 10.6. The van der Waals surface area contributed by atoms with E-state index in [1.165, 1.54) is 5.56 Å². The summed E-state index contributed by atoms with van der Waals surface area (Å²) in [6.45, 7) is 8.58. The number of rotatable bonds is 8. The molecular formula is C22H35N7O. The third kappa shape index (κ3) is 6.03. The predicted octanol–water partition coefficient (Wildman–Crippen LogP) is 2.03. The number of fused-ring (bicyclic) bond motifs is 1. The van der Waals surface area contributed by atoms with Crippen molar-refractivity contribution in [2.24, 2.45) is 4.99 Å². The molecule has 1 aromatic carbocycles. The number of aliphatic imine (C=N–C) groups is 1. The van der Waals surface area contributed by atoms with E-state index < -0.39 is 0 Å². The molecule has 0 radical (unpaired) electrons. The van der Waals surface area contributed by atoms with Gasteiger partial charge < -0.3 is 20.7 Å². The van der Waals surface area contributed by atoms with Gasteiger partial charge in [-0.05, 0) is 32.8 Å². The maximum atomic E-state index is 5.14. The molecule has 0 aliphatic carbocycles. The Morgan fingerprint density at radius 3 is 2.80 bits per heavy atom. The Morgan fingerprint density at radius 2 is 2.10 bits per heavy atom. The van der Waals surface area contributed by atoms with Gasteiger partial charge in [-0.1, -0.05) is 30.3 Å². The van der Waals surface area contributed by atoms with Crippen LogP contribution in [0.3, 0.4) is 0 Å². The first-order chi connectivity index (χ1) is 14.4. The normalized spacial score (nSPS) is 18.0. The number of hydrogen-bond donors (Lipinski definition) is 3. The zero-order valence-corrected chi connectivity index (χ0v) is 18.8. The summed E-state index contributed by atoms with van der Waals surface area (Å²) in [4.78, 5) is 8.95. The number of ether oxygens (including phenoxy) is 1. The molecule has 0 spiro atoms. The van der Waals surface area contributed by atoms with Crippen molar-refractivity contribution in [2.45, 2.75) is 64.4 Å². The van der Waals surface area contributed by atoms with Gasteiger partial charge in [-0.15, -0.1) is 0 Å². The highest BCUT2D eigenvalue weighted by Gasteiger charge is 2.24. The van der Waals surface area contributed by atoms with E-state index in [1.54, 1.807) is 7.11 Å². The molecule has 3 N–H and O–H groups in total. The minimum absolute atomic E-state index is 0.104. The Balaban J connectivity index is 1.50. The van der Waals surface area contributed by atoms with Crippen molar-refractivity contribution in [2.75, 3.05) is 20.7 Å². The lowest BCUT2D eigenvalue weighted by Crippen LogP contribution is -2.54. The molecule has 2 aromatic rings. The van der Waals surface area contributed by atoms with Gasteiger partial charge in [0.1, 0.15) is 12.4 Å². The summed E-state index contributed by atoms with van der Waals surface area (Å²) in [5, 5.41) is 15.3. The van der Waals surface area contributed by atoms with E-state index in [4.69, 9.17) is 4.74 Å². The van der Waals surface area contributed by atoms with Crippen LogP contribution in [-0.2, 0) is 24.3 Å². The highest BCUT2D eigenvalue weighted by molar-refractivity contribution is 5.80. The number of nitrogens with one attached hydrogen (secondary N) is 3. The van der Waals surface area contributed by atoms with E-state index in [0.29, 0.717) is 6.61 Å². The molecule has 2 unspecified atom stereocenters. The maximum absolute atomic E-state index is 5.14. The average molecular weight is 414 g/mol. The topological polar surface area (TPSA) is 88.4 Å². The lowest BCUT2D eigenvalue weighted by Gasteiger charge is -2.32. The fourth-order valence-electron chi connectivity index (χ4n) is 3.82. The average Bonchev–Trinajstić information content (AvgIpc) is 3.13. The van der Waals surface area contributed by atoms with Gasteiger partial charge in [0.05, 0.1) is 6.54 Å². The van der Waals surface area contributed by atoms with Crippen LogP contribution in [0.25, 0.3) is 0 Å². The highest BCUT2D eigenvalue weighted by atomic mass is 16.5. The Kier molecular flexibility index (Phi) is 7.44. The number of methoxy groups -OCH3 is 1. The fraction of sp³-hybridized carbons (Fsp3) is 0.591. The smallest absolute Gasteiger partial charge is 0.191 e. The molecule has 2 atom stereocenters. The van der Waals surface area contributed by atoms with Gasteiger partial charge in [-0.25, -0.2) is 9.67 Å². The van der Waals surface area contributed by atoms with E-state index in [1.807, 2.05) is 17.8 Å². The zero-order chi connectivity index (χ0) is 21.6. The van der Waals surface area contributed by atoms with Gasteiger partial charge in [0.25, 0.3) is 0 Å². The minimum atomic E-state index is -0.104. The van der Waals surface area contributed by atoms with Crippen LogP contribution >= 0.6 is 0 Å². The third-order valence-corrected chi connectivity index (χ3v) is 5.34. The summed E-state index contributed by atoms with van der Waals surface area (Å²) in [5.74, 6) is 2.59. The van der Waals surface area contributed by atoms with Gasteiger partial charge >= 0.3 is 0 Å². The summed E-state index contributed by atoms with van der Waals surface area (Å²) in [5.41, 5.74) is 1.18. The SMILES string of the molecule is CN=C(NCC(C)(C)NC(C)c1ccccc1)NC1CCc2nc(COC)nn2C1. The summed E-state index contributed by atoms with van der Waals surface area (Å²) in [7, 11) is 3.47. The van der Waals surface area contributed by atoms with Crippen molar-refractivity contribution >= 4 is 5.96 Å². The van der Waals surface area contributed by atoms with Crippen molar-refractivity contribution in [1.82, 2.24) is 30.7 Å². The molecule has 0 saturated heterocycles. The lowest BCUT2D eigenvalue weighted by molar-refractivity contribution is 0.177. The number of aromatic nitrogens is 3. The van der Waals surface area contributed by atoms with E-state index >= 15 is 0 Å². The second kappa shape index (κ2) is 10.0. The fourth-order valence-corrected chi connectivity index (χ4v) is 3.82. The van der Waals surface area contributed by atoms with Crippen molar-refractivity contribution in [3.63, 3.8) is 0 Å². The van der Waals surface area contributed by atoms with Crippen molar-refractivity contribution in [3.8, 4) is 0 Å². The van der Waals surface area contributed by atoms with Gasteiger partial charge in [-0.2, -0.15) is 5.10 Å². The van der Waals surface area contributed by atoms with Crippen LogP contribution < -0.4 is 16.0 Å². The minimum Gasteiger partial charge on any atom is -0.377 e. The van der Waals surface area contributed by atoms with Crippen LogP contribution in [0.15, 0.2) is 35.3 Å². The summed E-state index contributed by atoms with van der Waals surface area (Å²) in [6, 6.07) is 11.0. The second-order valence-corrected chi connectivity index (χ2v) is 8.53. The summed E-state index contributed by atoms with van der Waals surface area (Å²) in [6.07, 6.45) is 1.89. The molecule has 2 heterocycles. The molecule has 0 amide bonds.